The summed E-state index contributed by atoms with van der Waals surface area (Å²) < 4.78 is 0.996. The van der Waals surface area contributed by atoms with Crippen LogP contribution in [0.3, 0.4) is 0 Å². The molecule has 1 unspecified atom stereocenters. The molecule has 1 amide bonds. The van der Waals surface area contributed by atoms with Crippen LogP contribution in [0, 0.1) is 0 Å². The van der Waals surface area contributed by atoms with E-state index in [1.54, 1.807) is 0 Å². The quantitative estimate of drug-likeness (QED) is 0.810. The average Bonchev–Trinajstić information content (AvgIpc) is 2.28. The lowest BCUT2D eigenvalue weighted by Gasteiger charge is -2.32. The summed E-state index contributed by atoms with van der Waals surface area (Å²) >= 11 is 3.50. The first kappa shape index (κ1) is 12.4. The molecule has 4 nitrogen and oxygen atoms in total. The minimum absolute atomic E-state index is 0.0757. The molecule has 1 aliphatic heterocycles. The molecular formula is C12H16BrN3O. The maximum Gasteiger partial charge on any atom is 0.237 e. The first-order valence-corrected chi connectivity index (χ1v) is 6.43. The Bertz CT molecular complexity index is 436. The van der Waals surface area contributed by atoms with Crippen molar-refractivity contribution in [3.05, 3.63) is 28.2 Å². The average molecular weight is 298 g/mol. The van der Waals surface area contributed by atoms with Gasteiger partial charge in [0.05, 0.1) is 6.04 Å². The van der Waals surface area contributed by atoms with Crippen LogP contribution >= 0.6 is 15.9 Å². The number of hydrogen-bond acceptors (Lipinski definition) is 3. The van der Waals surface area contributed by atoms with E-state index in [9.17, 15) is 4.79 Å². The molecule has 5 heteroatoms. The van der Waals surface area contributed by atoms with Crippen LogP contribution in [0.25, 0.3) is 0 Å². The van der Waals surface area contributed by atoms with Crippen molar-refractivity contribution in [3.8, 4) is 0 Å². The van der Waals surface area contributed by atoms with Crippen LogP contribution in [-0.2, 0) is 11.3 Å². The Kier molecular flexibility index (Phi) is 3.69. The van der Waals surface area contributed by atoms with E-state index in [-0.39, 0.29) is 11.9 Å². The standard InChI is InChI=1S/C12H16BrN3O/c1-8-12(17)15-4-5-16(8)7-9-2-3-10(14)6-11(9)13/h2-3,6,8H,4-5,7,14H2,1H3,(H,15,17). The predicted octanol–water partition coefficient (Wildman–Crippen LogP) is 1.35. The lowest BCUT2D eigenvalue weighted by atomic mass is 10.1. The van der Waals surface area contributed by atoms with Crippen molar-refractivity contribution in [2.45, 2.75) is 19.5 Å². The monoisotopic (exact) mass is 297 g/mol. The van der Waals surface area contributed by atoms with Crippen molar-refractivity contribution in [3.63, 3.8) is 0 Å². The third kappa shape index (κ3) is 2.79. The van der Waals surface area contributed by atoms with Gasteiger partial charge in [-0.05, 0) is 24.6 Å². The van der Waals surface area contributed by atoms with Crippen LogP contribution in [0.1, 0.15) is 12.5 Å². The topological polar surface area (TPSA) is 58.4 Å². The Balaban J connectivity index is 2.12. The Morgan fingerprint density at radius 1 is 1.59 bits per heavy atom. The minimum atomic E-state index is -0.0757. The van der Waals surface area contributed by atoms with Crippen molar-refractivity contribution >= 4 is 27.5 Å². The predicted molar refractivity (Wildman–Crippen MR) is 71.4 cm³/mol. The summed E-state index contributed by atoms with van der Waals surface area (Å²) in [5, 5.41) is 2.86. The summed E-state index contributed by atoms with van der Waals surface area (Å²) in [7, 11) is 0. The van der Waals surface area contributed by atoms with Crippen LogP contribution in [0.4, 0.5) is 5.69 Å². The largest absolute Gasteiger partial charge is 0.399 e. The first-order valence-electron chi connectivity index (χ1n) is 5.63. The normalized spacial score (nSPS) is 21.3. The molecule has 0 aromatic heterocycles. The van der Waals surface area contributed by atoms with Gasteiger partial charge in [-0.15, -0.1) is 0 Å². The number of halogens is 1. The summed E-state index contributed by atoms with van der Waals surface area (Å²) in [5.74, 6) is 0.0998. The molecule has 1 saturated heterocycles. The molecule has 0 bridgehead atoms. The molecule has 92 valence electrons. The van der Waals surface area contributed by atoms with Crippen molar-refractivity contribution < 1.29 is 4.79 Å². The third-order valence-corrected chi connectivity index (χ3v) is 3.81. The van der Waals surface area contributed by atoms with Crippen molar-refractivity contribution in [1.82, 2.24) is 10.2 Å². The highest BCUT2D eigenvalue weighted by atomic mass is 79.9. The van der Waals surface area contributed by atoms with Gasteiger partial charge in [-0.2, -0.15) is 0 Å². The van der Waals surface area contributed by atoms with Crippen LogP contribution in [0.15, 0.2) is 22.7 Å². The SMILES string of the molecule is CC1C(=O)NCCN1Cc1ccc(N)cc1Br. The zero-order valence-corrected chi connectivity index (χ0v) is 11.3. The molecule has 1 aromatic carbocycles. The molecule has 1 aromatic rings. The van der Waals surface area contributed by atoms with Crippen molar-refractivity contribution in [1.29, 1.82) is 0 Å². The van der Waals surface area contributed by atoms with Gasteiger partial charge in [0.25, 0.3) is 0 Å². The molecule has 1 fully saturated rings. The van der Waals surface area contributed by atoms with Crippen LogP contribution < -0.4 is 11.1 Å². The lowest BCUT2D eigenvalue weighted by Crippen LogP contribution is -2.53. The lowest BCUT2D eigenvalue weighted by molar-refractivity contribution is -0.128. The van der Waals surface area contributed by atoms with Crippen LogP contribution in [0.2, 0.25) is 0 Å². The summed E-state index contributed by atoms with van der Waals surface area (Å²) in [6, 6.07) is 5.70. The number of amides is 1. The Labute approximate surface area is 109 Å². The van der Waals surface area contributed by atoms with E-state index in [0.29, 0.717) is 0 Å². The van der Waals surface area contributed by atoms with Crippen molar-refractivity contribution in [2.24, 2.45) is 0 Å². The number of nitrogen functional groups attached to an aromatic ring is 1. The highest BCUT2D eigenvalue weighted by molar-refractivity contribution is 9.10. The fourth-order valence-electron chi connectivity index (χ4n) is 1.96. The number of benzene rings is 1. The Morgan fingerprint density at radius 3 is 3.06 bits per heavy atom. The van der Waals surface area contributed by atoms with Gasteiger partial charge in [-0.1, -0.05) is 22.0 Å². The molecule has 17 heavy (non-hydrogen) atoms. The third-order valence-electron chi connectivity index (χ3n) is 3.08. The zero-order valence-electron chi connectivity index (χ0n) is 9.74. The number of nitrogens with zero attached hydrogens (tertiary/aromatic N) is 1. The van der Waals surface area contributed by atoms with Crippen LogP contribution in [0.5, 0.6) is 0 Å². The number of hydrogen-bond donors (Lipinski definition) is 2. The van der Waals surface area contributed by atoms with Gasteiger partial charge < -0.3 is 11.1 Å². The molecule has 1 aliphatic rings. The highest BCUT2D eigenvalue weighted by Gasteiger charge is 2.25. The van der Waals surface area contributed by atoms with E-state index in [2.05, 4.69) is 26.1 Å². The molecule has 0 saturated carbocycles. The molecule has 1 atom stereocenters. The summed E-state index contributed by atoms with van der Waals surface area (Å²) in [4.78, 5) is 13.7. The molecule has 3 N–H and O–H groups in total. The van der Waals surface area contributed by atoms with E-state index in [4.69, 9.17) is 5.73 Å². The number of carbonyl (C=O) groups excluding carboxylic acids is 1. The number of nitrogens with two attached hydrogens (primary N) is 1. The van der Waals surface area contributed by atoms with E-state index in [1.165, 1.54) is 0 Å². The summed E-state index contributed by atoms with van der Waals surface area (Å²) in [6.07, 6.45) is 0. The highest BCUT2D eigenvalue weighted by Crippen LogP contribution is 2.22. The van der Waals surface area contributed by atoms with Gasteiger partial charge in [-0.3, -0.25) is 9.69 Å². The second-order valence-electron chi connectivity index (χ2n) is 4.29. The van der Waals surface area contributed by atoms with Gasteiger partial charge in [0.15, 0.2) is 0 Å². The number of rotatable bonds is 2. The Morgan fingerprint density at radius 2 is 2.35 bits per heavy atom. The fourth-order valence-corrected chi connectivity index (χ4v) is 2.48. The number of carbonyl (C=O) groups is 1. The van der Waals surface area contributed by atoms with E-state index in [1.807, 2.05) is 25.1 Å². The first-order chi connectivity index (χ1) is 8.08. The van der Waals surface area contributed by atoms with Crippen LogP contribution in [-0.4, -0.2) is 29.9 Å². The second-order valence-corrected chi connectivity index (χ2v) is 5.14. The number of nitrogens with one attached hydrogen (secondary N) is 1. The second kappa shape index (κ2) is 5.06. The minimum Gasteiger partial charge on any atom is -0.399 e. The van der Waals surface area contributed by atoms with Gasteiger partial charge in [-0.25, -0.2) is 0 Å². The number of piperazine rings is 1. The molecule has 0 radical (unpaired) electrons. The maximum absolute atomic E-state index is 11.5. The molecule has 2 rings (SSSR count). The maximum atomic E-state index is 11.5. The summed E-state index contributed by atoms with van der Waals surface area (Å²) in [5.41, 5.74) is 7.60. The van der Waals surface area contributed by atoms with Gasteiger partial charge in [0.2, 0.25) is 5.91 Å². The smallest absolute Gasteiger partial charge is 0.237 e. The zero-order chi connectivity index (χ0) is 12.4. The fraction of sp³-hybridized carbons (Fsp3) is 0.417. The van der Waals surface area contributed by atoms with Gasteiger partial charge in [0.1, 0.15) is 0 Å². The van der Waals surface area contributed by atoms with E-state index >= 15 is 0 Å². The Hall–Kier alpha value is -1.07. The molecule has 0 aliphatic carbocycles. The molecular weight excluding hydrogens is 282 g/mol. The summed E-state index contributed by atoms with van der Waals surface area (Å²) in [6.45, 7) is 4.29. The van der Waals surface area contributed by atoms with Gasteiger partial charge in [0, 0.05) is 29.8 Å². The molecule has 0 spiro atoms. The van der Waals surface area contributed by atoms with Crippen molar-refractivity contribution in [2.75, 3.05) is 18.8 Å². The number of anilines is 1. The van der Waals surface area contributed by atoms with E-state index in [0.717, 1.165) is 35.4 Å². The molecule has 1 heterocycles. The van der Waals surface area contributed by atoms with Gasteiger partial charge >= 0.3 is 0 Å². The van der Waals surface area contributed by atoms with E-state index < -0.39 is 0 Å².